The Balaban J connectivity index is 1.75. The first-order chi connectivity index (χ1) is 18.2. The number of nitrogens with one attached hydrogen (secondary N) is 1. The van der Waals surface area contributed by atoms with E-state index >= 15 is 0 Å². The Morgan fingerprint density at radius 3 is 2.13 bits per heavy atom. The fraction of sp³-hybridized carbons (Fsp3) is 0.448. The van der Waals surface area contributed by atoms with Gasteiger partial charge in [0, 0.05) is 19.5 Å². The van der Waals surface area contributed by atoms with Gasteiger partial charge in [-0.15, -0.1) is 0 Å². The van der Waals surface area contributed by atoms with Gasteiger partial charge < -0.3 is 24.6 Å². The van der Waals surface area contributed by atoms with Crippen LogP contribution in [0.2, 0.25) is 0 Å². The summed E-state index contributed by atoms with van der Waals surface area (Å²) in [6.45, 7) is 6.01. The number of hydrogen-bond acceptors (Lipinski definition) is 6. The maximum absolute atomic E-state index is 13.8. The van der Waals surface area contributed by atoms with E-state index in [1.807, 2.05) is 74.5 Å². The van der Waals surface area contributed by atoms with Crippen LogP contribution in [0.15, 0.2) is 60.7 Å². The maximum atomic E-state index is 13.8. The van der Waals surface area contributed by atoms with Crippen molar-refractivity contribution in [3.63, 3.8) is 0 Å². The second-order valence-electron chi connectivity index (χ2n) is 9.87. The van der Waals surface area contributed by atoms with Crippen LogP contribution < -0.4 is 5.32 Å². The number of rotatable bonds is 10. The smallest absolute Gasteiger partial charge is 0.408 e. The molecule has 1 aliphatic heterocycles. The molecule has 9 heteroatoms. The second-order valence-corrected chi connectivity index (χ2v) is 9.87. The quantitative estimate of drug-likeness (QED) is 0.480. The summed E-state index contributed by atoms with van der Waals surface area (Å²) in [7, 11) is 1.31. The highest BCUT2D eigenvalue weighted by Gasteiger charge is 2.43. The van der Waals surface area contributed by atoms with Gasteiger partial charge in [0.2, 0.25) is 11.8 Å². The van der Waals surface area contributed by atoms with E-state index in [4.69, 9.17) is 9.47 Å². The number of hydrogen-bond donors (Lipinski definition) is 1. The van der Waals surface area contributed by atoms with Crippen LogP contribution in [0.3, 0.4) is 0 Å². The van der Waals surface area contributed by atoms with Crippen LogP contribution in [-0.2, 0) is 36.9 Å². The van der Waals surface area contributed by atoms with E-state index in [0.29, 0.717) is 6.42 Å². The average molecular weight is 524 g/mol. The summed E-state index contributed by atoms with van der Waals surface area (Å²) in [4.78, 5) is 55.3. The minimum absolute atomic E-state index is 0.0755. The Morgan fingerprint density at radius 2 is 1.55 bits per heavy atom. The molecule has 0 radical (unpaired) electrons. The predicted octanol–water partition coefficient (Wildman–Crippen LogP) is 3.17. The first-order valence-electron chi connectivity index (χ1n) is 12.9. The molecule has 2 aromatic carbocycles. The van der Waals surface area contributed by atoms with E-state index in [-0.39, 0.29) is 37.9 Å². The highest BCUT2D eigenvalue weighted by atomic mass is 16.5. The maximum Gasteiger partial charge on any atom is 0.408 e. The van der Waals surface area contributed by atoms with E-state index in [1.54, 1.807) is 6.92 Å². The van der Waals surface area contributed by atoms with Gasteiger partial charge in [0.25, 0.3) is 0 Å². The molecular weight excluding hydrogens is 486 g/mol. The lowest BCUT2D eigenvalue weighted by Gasteiger charge is -2.44. The lowest BCUT2D eigenvalue weighted by molar-refractivity contribution is -0.162. The molecule has 1 saturated heterocycles. The number of carbonyl (C=O) groups is 4. The highest BCUT2D eigenvalue weighted by molar-refractivity contribution is 5.94. The summed E-state index contributed by atoms with van der Waals surface area (Å²) in [5, 5.41) is 2.58. The Bertz CT molecular complexity index is 1090. The number of piperazine rings is 1. The van der Waals surface area contributed by atoms with Gasteiger partial charge in [-0.05, 0) is 30.4 Å². The third-order valence-corrected chi connectivity index (χ3v) is 6.54. The summed E-state index contributed by atoms with van der Waals surface area (Å²) in [5.74, 6) is -1.02. The van der Waals surface area contributed by atoms with Crippen molar-refractivity contribution < 1.29 is 28.7 Å². The number of ether oxygens (including phenoxy) is 2. The van der Waals surface area contributed by atoms with Crippen molar-refractivity contribution >= 4 is 23.9 Å². The molecule has 1 heterocycles. The van der Waals surface area contributed by atoms with Crippen LogP contribution in [-0.4, -0.2) is 72.0 Å². The molecule has 0 saturated carbocycles. The van der Waals surface area contributed by atoms with Gasteiger partial charge in [0.05, 0.1) is 7.11 Å². The minimum atomic E-state index is -0.914. The van der Waals surface area contributed by atoms with Crippen LogP contribution in [0.4, 0.5) is 4.79 Å². The van der Waals surface area contributed by atoms with Crippen molar-refractivity contribution in [2.75, 3.05) is 20.2 Å². The number of carbonyl (C=O) groups excluding carboxylic acids is 4. The van der Waals surface area contributed by atoms with E-state index in [0.717, 1.165) is 11.1 Å². The summed E-state index contributed by atoms with van der Waals surface area (Å²) < 4.78 is 10.3. The predicted molar refractivity (Wildman–Crippen MR) is 142 cm³/mol. The molecule has 38 heavy (non-hydrogen) atoms. The van der Waals surface area contributed by atoms with Crippen molar-refractivity contribution in [1.82, 2.24) is 15.1 Å². The summed E-state index contributed by atoms with van der Waals surface area (Å²) in [6.07, 6.45) is 0.0140. The summed E-state index contributed by atoms with van der Waals surface area (Å²) in [5.41, 5.74) is 1.71. The van der Waals surface area contributed by atoms with Crippen LogP contribution >= 0.6 is 0 Å². The van der Waals surface area contributed by atoms with Crippen LogP contribution in [0, 0.1) is 5.92 Å². The molecule has 1 aliphatic rings. The van der Waals surface area contributed by atoms with Gasteiger partial charge in [0.1, 0.15) is 24.7 Å². The molecular formula is C29H37N3O6. The van der Waals surface area contributed by atoms with Gasteiger partial charge in [-0.3, -0.25) is 9.59 Å². The number of esters is 1. The molecule has 0 unspecified atom stereocenters. The molecule has 0 aliphatic carbocycles. The lowest BCUT2D eigenvalue weighted by atomic mass is 9.96. The van der Waals surface area contributed by atoms with E-state index in [1.165, 1.54) is 16.9 Å². The van der Waals surface area contributed by atoms with Crippen molar-refractivity contribution in [2.45, 2.75) is 58.3 Å². The Morgan fingerprint density at radius 1 is 0.947 bits per heavy atom. The van der Waals surface area contributed by atoms with Crippen LogP contribution in [0.1, 0.15) is 38.3 Å². The second kappa shape index (κ2) is 13.6. The van der Waals surface area contributed by atoms with Crippen molar-refractivity contribution in [3.8, 4) is 0 Å². The zero-order chi connectivity index (χ0) is 27.7. The minimum Gasteiger partial charge on any atom is -0.467 e. The Labute approximate surface area is 224 Å². The molecule has 2 aromatic rings. The molecule has 204 valence electrons. The van der Waals surface area contributed by atoms with Crippen molar-refractivity contribution in [3.05, 3.63) is 71.8 Å². The monoisotopic (exact) mass is 523 g/mol. The molecule has 0 aromatic heterocycles. The molecule has 9 nitrogen and oxygen atoms in total. The Hall–Kier alpha value is -3.88. The lowest BCUT2D eigenvalue weighted by Crippen LogP contribution is -2.65. The number of nitrogens with zero attached hydrogens (tertiary/aromatic N) is 2. The molecule has 0 bridgehead atoms. The van der Waals surface area contributed by atoms with Crippen molar-refractivity contribution in [1.29, 1.82) is 0 Å². The molecule has 3 rings (SSSR count). The normalized spacial score (nSPS) is 17.1. The third kappa shape index (κ3) is 7.57. The van der Waals surface area contributed by atoms with Crippen molar-refractivity contribution in [2.24, 2.45) is 5.92 Å². The fourth-order valence-corrected chi connectivity index (χ4v) is 4.60. The molecule has 3 atom stereocenters. The van der Waals surface area contributed by atoms with Gasteiger partial charge in [0.15, 0.2) is 0 Å². The zero-order valence-corrected chi connectivity index (χ0v) is 22.5. The van der Waals surface area contributed by atoms with E-state index in [9.17, 15) is 19.2 Å². The largest absolute Gasteiger partial charge is 0.467 e. The summed E-state index contributed by atoms with van der Waals surface area (Å²) >= 11 is 0. The third-order valence-electron chi connectivity index (χ3n) is 6.54. The van der Waals surface area contributed by atoms with E-state index in [2.05, 4.69) is 5.32 Å². The van der Waals surface area contributed by atoms with Crippen LogP contribution in [0.5, 0.6) is 0 Å². The van der Waals surface area contributed by atoms with Gasteiger partial charge in [-0.25, -0.2) is 9.59 Å². The molecule has 0 spiro atoms. The number of amides is 3. The number of benzene rings is 2. The fourth-order valence-electron chi connectivity index (χ4n) is 4.60. The number of methoxy groups -OCH3 is 1. The first-order valence-corrected chi connectivity index (χ1v) is 12.9. The van der Waals surface area contributed by atoms with E-state index < -0.39 is 36.1 Å². The first kappa shape index (κ1) is 28.7. The van der Waals surface area contributed by atoms with Crippen LogP contribution in [0.25, 0.3) is 0 Å². The topological polar surface area (TPSA) is 105 Å². The molecule has 1 N–H and O–H groups in total. The Kier molecular flexibility index (Phi) is 10.3. The van der Waals surface area contributed by atoms with Gasteiger partial charge in [-0.1, -0.05) is 74.5 Å². The standard InChI is InChI=1S/C29H37N3O6/c1-20(2)17-25(28(35)37-4)32-16-15-31(24(27(32)34)18-22-11-7-5-8-12-22)26(33)21(3)30-29(36)38-19-23-13-9-6-10-14-23/h5-14,20-21,24-25H,15-19H2,1-4H3,(H,30,36)/t21-,24-,25-/m0/s1. The van der Waals surface area contributed by atoms with Gasteiger partial charge >= 0.3 is 12.1 Å². The number of alkyl carbamates (subject to hydrolysis) is 1. The summed E-state index contributed by atoms with van der Waals surface area (Å²) in [6, 6.07) is 16.2. The van der Waals surface area contributed by atoms with Gasteiger partial charge in [-0.2, -0.15) is 0 Å². The zero-order valence-electron chi connectivity index (χ0n) is 22.5. The highest BCUT2D eigenvalue weighted by Crippen LogP contribution is 2.23. The SMILES string of the molecule is COC(=O)[C@H](CC(C)C)N1CCN(C(=O)[C@H](C)NC(=O)OCc2ccccc2)[C@@H](Cc2ccccc2)C1=O. The average Bonchev–Trinajstić information content (AvgIpc) is 2.92. The molecule has 3 amide bonds. The molecule has 1 fully saturated rings.